The average molecular weight is 334 g/mol. The van der Waals surface area contributed by atoms with Crippen molar-refractivity contribution in [3.05, 3.63) is 52.3 Å². The van der Waals surface area contributed by atoms with E-state index in [2.05, 4.69) is 31.5 Å². The Morgan fingerprint density at radius 2 is 2.15 bits per heavy atom. The van der Waals surface area contributed by atoms with E-state index in [0.717, 1.165) is 28.0 Å². The number of aryl methyl sites for hydroxylation is 1. The number of halogens is 1. The Labute approximate surface area is 126 Å². The zero-order chi connectivity index (χ0) is 14.5. The normalized spacial score (nSPS) is 10.2. The van der Waals surface area contributed by atoms with Crippen LogP contribution in [0.25, 0.3) is 0 Å². The van der Waals surface area contributed by atoms with Crippen molar-refractivity contribution in [3.8, 4) is 0 Å². The van der Waals surface area contributed by atoms with Crippen LogP contribution in [-0.4, -0.2) is 17.4 Å². The molecule has 0 unspecified atom stereocenters. The van der Waals surface area contributed by atoms with Crippen LogP contribution in [0.2, 0.25) is 0 Å². The van der Waals surface area contributed by atoms with Gasteiger partial charge in [-0.2, -0.15) is 0 Å². The van der Waals surface area contributed by atoms with Crippen LogP contribution in [0.5, 0.6) is 0 Å². The minimum Gasteiger partial charge on any atom is -0.383 e. The smallest absolute Gasteiger partial charge is 0.257 e. The fourth-order valence-corrected chi connectivity index (χ4v) is 2.54. The number of carbonyl (C=O) groups is 1. The Morgan fingerprint density at radius 1 is 1.35 bits per heavy atom. The molecule has 2 N–H and O–H groups in total. The molecule has 0 saturated carbocycles. The lowest BCUT2D eigenvalue weighted by atomic mass is 10.2. The van der Waals surface area contributed by atoms with Gasteiger partial charge in [0.1, 0.15) is 0 Å². The molecule has 0 aliphatic rings. The second kappa shape index (κ2) is 6.52. The molecule has 1 heterocycles. The van der Waals surface area contributed by atoms with Gasteiger partial charge in [0.05, 0.1) is 17.4 Å². The first-order chi connectivity index (χ1) is 9.60. The topological polar surface area (TPSA) is 54.0 Å². The third-order valence-electron chi connectivity index (χ3n) is 2.73. The summed E-state index contributed by atoms with van der Waals surface area (Å²) in [6.45, 7) is 4.70. The van der Waals surface area contributed by atoms with Crippen molar-refractivity contribution in [2.75, 3.05) is 17.2 Å². The Balaban J connectivity index is 2.23. The lowest BCUT2D eigenvalue weighted by Gasteiger charge is -2.11. The van der Waals surface area contributed by atoms with Gasteiger partial charge in [0, 0.05) is 22.9 Å². The van der Waals surface area contributed by atoms with Gasteiger partial charge in [-0.1, -0.05) is 15.9 Å². The monoisotopic (exact) mass is 333 g/mol. The molecule has 0 atom stereocenters. The maximum atomic E-state index is 12.3. The van der Waals surface area contributed by atoms with Gasteiger partial charge in [0.2, 0.25) is 0 Å². The minimum atomic E-state index is -0.152. The molecule has 0 aliphatic carbocycles. The first kappa shape index (κ1) is 14.5. The summed E-state index contributed by atoms with van der Waals surface area (Å²) in [5, 5.41) is 6.03. The molecule has 1 amide bonds. The molecule has 0 fully saturated rings. The number of carbonyl (C=O) groups excluding carboxylic acids is 1. The maximum Gasteiger partial charge on any atom is 0.257 e. The number of benzene rings is 1. The van der Waals surface area contributed by atoms with Gasteiger partial charge in [0.15, 0.2) is 0 Å². The number of nitrogens with zero attached hydrogens (tertiary/aromatic N) is 1. The summed E-state index contributed by atoms with van der Waals surface area (Å²) in [7, 11) is 0. The number of nitrogens with one attached hydrogen (secondary N) is 2. The molecule has 0 spiro atoms. The van der Waals surface area contributed by atoms with E-state index in [0.29, 0.717) is 5.56 Å². The summed E-state index contributed by atoms with van der Waals surface area (Å²) in [6.07, 6.45) is 3.27. The van der Waals surface area contributed by atoms with Crippen LogP contribution < -0.4 is 10.6 Å². The minimum absolute atomic E-state index is 0.152. The highest BCUT2D eigenvalue weighted by molar-refractivity contribution is 9.10. The van der Waals surface area contributed by atoms with Crippen molar-refractivity contribution in [2.45, 2.75) is 13.8 Å². The van der Waals surface area contributed by atoms with Gasteiger partial charge in [-0.25, -0.2) is 0 Å². The van der Waals surface area contributed by atoms with Crippen molar-refractivity contribution in [3.63, 3.8) is 0 Å². The zero-order valence-corrected chi connectivity index (χ0v) is 13.0. The fraction of sp³-hybridized carbons (Fsp3) is 0.200. The van der Waals surface area contributed by atoms with Crippen molar-refractivity contribution in [1.29, 1.82) is 0 Å². The summed E-state index contributed by atoms with van der Waals surface area (Å²) < 4.78 is 0.939. The first-order valence-electron chi connectivity index (χ1n) is 6.36. The summed E-state index contributed by atoms with van der Waals surface area (Å²) in [5.41, 5.74) is 3.16. The van der Waals surface area contributed by atoms with Gasteiger partial charge < -0.3 is 10.6 Å². The number of pyridine rings is 1. The Kier molecular flexibility index (Phi) is 4.74. The summed E-state index contributed by atoms with van der Waals surface area (Å²) >= 11 is 3.42. The zero-order valence-electron chi connectivity index (χ0n) is 11.4. The SMILES string of the molecule is CCNc1cnccc1C(=O)Nc1cc(C)cc(Br)c1. The highest BCUT2D eigenvalue weighted by Crippen LogP contribution is 2.21. The third kappa shape index (κ3) is 3.57. The van der Waals surface area contributed by atoms with Gasteiger partial charge >= 0.3 is 0 Å². The third-order valence-corrected chi connectivity index (χ3v) is 3.19. The van der Waals surface area contributed by atoms with E-state index in [4.69, 9.17) is 0 Å². The molecule has 1 aromatic carbocycles. The molecular formula is C15H16BrN3O. The number of rotatable bonds is 4. The van der Waals surface area contributed by atoms with Gasteiger partial charge in [-0.15, -0.1) is 0 Å². The molecule has 4 nitrogen and oxygen atoms in total. The molecule has 0 bridgehead atoms. The highest BCUT2D eigenvalue weighted by Gasteiger charge is 2.11. The fourth-order valence-electron chi connectivity index (χ4n) is 1.93. The molecule has 0 radical (unpaired) electrons. The molecular weight excluding hydrogens is 318 g/mol. The standard InChI is InChI=1S/C15H16BrN3O/c1-3-18-14-9-17-5-4-13(14)15(20)19-12-7-10(2)6-11(16)8-12/h4-9,18H,3H2,1-2H3,(H,19,20). The number of hydrogen-bond acceptors (Lipinski definition) is 3. The van der Waals surface area contributed by atoms with Crippen LogP contribution >= 0.6 is 15.9 Å². The number of anilines is 2. The first-order valence-corrected chi connectivity index (χ1v) is 7.16. The molecule has 5 heteroatoms. The van der Waals surface area contributed by atoms with Crippen LogP contribution in [0.3, 0.4) is 0 Å². The second-order valence-corrected chi connectivity index (χ2v) is 5.34. The van der Waals surface area contributed by atoms with Crippen molar-refractivity contribution < 1.29 is 4.79 Å². The average Bonchev–Trinajstić information content (AvgIpc) is 2.38. The van der Waals surface area contributed by atoms with Crippen LogP contribution in [0.15, 0.2) is 41.1 Å². The van der Waals surface area contributed by atoms with Crippen LogP contribution in [-0.2, 0) is 0 Å². The van der Waals surface area contributed by atoms with Crippen LogP contribution in [0.1, 0.15) is 22.8 Å². The van der Waals surface area contributed by atoms with E-state index < -0.39 is 0 Å². The summed E-state index contributed by atoms with van der Waals surface area (Å²) in [4.78, 5) is 16.4. The van der Waals surface area contributed by atoms with Crippen molar-refractivity contribution >= 4 is 33.2 Å². The molecule has 0 saturated heterocycles. The van der Waals surface area contributed by atoms with Crippen LogP contribution in [0.4, 0.5) is 11.4 Å². The molecule has 20 heavy (non-hydrogen) atoms. The lowest BCUT2D eigenvalue weighted by Crippen LogP contribution is -2.15. The number of hydrogen-bond donors (Lipinski definition) is 2. The van der Waals surface area contributed by atoms with E-state index in [1.54, 1.807) is 18.5 Å². The number of aromatic nitrogens is 1. The van der Waals surface area contributed by atoms with Gasteiger partial charge in [-0.3, -0.25) is 9.78 Å². The Bertz CT molecular complexity index is 608. The highest BCUT2D eigenvalue weighted by atomic mass is 79.9. The number of amides is 1. The van der Waals surface area contributed by atoms with E-state index in [1.807, 2.05) is 32.0 Å². The quantitative estimate of drug-likeness (QED) is 0.893. The van der Waals surface area contributed by atoms with E-state index >= 15 is 0 Å². The predicted molar refractivity (Wildman–Crippen MR) is 85.2 cm³/mol. The molecule has 104 valence electrons. The molecule has 1 aromatic heterocycles. The predicted octanol–water partition coefficient (Wildman–Crippen LogP) is 3.84. The Morgan fingerprint density at radius 3 is 2.85 bits per heavy atom. The lowest BCUT2D eigenvalue weighted by molar-refractivity contribution is 0.102. The molecule has 0 aliphatic heterocycles. The van der Waals surface area contributed by atoms with Crippen molar-refractivity contribution in [2.24, 2.45) is 0 Å². The van der Waals surface area contributed by atoms with Gasteiger partial charge in [0.25, 0.3) is 5.91 Å². The molecule has 2 rings (SSSR count). The molecule has 2 aromatic rings. The second-order valence-electron chi connectivity index (χ2n) is 4.42. The van der Waals surface area contributed by atoms with E-state index in [1.165, 1.54) is 0 Å². The van der Waals surface area contributed by atoms with Gasteiger partial charge in [-0.05, 0) is 43.7 Å². The van der Waals surface area contributed by atoms with E-state index in [-0.39, 0.29) is 5.91 Å². The summed E-state index contributed by atoms with van der Waals surface area (Å²) in [6, 6.07) is 7.50. The van der Waals surface area contributed by atoms with Crippen LogP contribution in [0, 0.1) is 6.92 Å². The summed E-state index contributed by atoms with van der Waals surface area (Å²) in [5.74, 6) is -0.152. The Hall–Kier alpha value is -1.88. The largest absolute Gasteiger partial charge is 0.383 e. The van der Waals surface area contributed by atoms with E-state index in [9.17, 15) is 4.79 Å². The van der Waals surface area contributed by atoms with Crippen molar-refractivity contribution in [1.82, 2.24) is 4.98 Å². The maximum absolute atomic E-state index is 12.3.